The minimum atomic E-state index is -0.914. The smallest absolute Gasteiger partial charge is 0.217 e. The van der Waals surface area contributed by atoms with E-state index in [9.17, 15) is 18.0 Å². The molecule has 1 amide bonds. The van der Waals surface area contributed by atoms with Gasteiger partial charge in [-0.3, -0.25) is 4.79 Å². The maximum absolute atomic E-state index is 13.9. The number of nitrogens with zero attached hydrogens (tertiary/aromatic N) is 2. The Morgan fingerprint density at radius 2 is 1.91 bits per heavy atom. The molecule has 4 nitrogen and oxygen atoms in total. The maximum atomic E-state index is 13.9. The van der Waals surface area contributed by atoms with Gasteiger partial charge in [0.25, 0.3) is 0 Å². The topological polar surface area (TPSA) is 46.9 Å². The van der Waals surface area contributed by atoms with Crippen molar-refractivity contribution in [1.29, 1.82) is 0 Å². The molecule has 2 aliphatic carbocycles. The predicted octanol–water partition coefficient (Wildman–Crippen LogP) is 5.92. The molecule has 0 spiro atoms. The lowest BCUT2D eigenvalue weighted by Gasteiger charge is -2.29. The first-order chi connectivity index (χ1) is 16.3. The third kappa shape index (κ3) is 4.04. The van der Waals surface area contributed by atoms with Gasteiger partial charge < -0.3 is 5.32 Å². The van der Waals surface area contributed by atoms with Crippen molar-refractivity contribution in [1.82, 2.24) is 15.1 Å². The summed E-state index contributed by atoms with van der Waals surface area (Å²) < 4.78 is 42.7. The highest BCUT2D eigenvalue weighted by molar-refractivity contribution is 5.73. The van der Waals surface area contributed by atoms with Gasteiger partial charge in [0, 0.05) is 24.8 Å². The van der Waals surface area contributed by atoms with Crippen LogP contribution in [0.2, 0.25) is 0 Å². The number of hydrogen-bond donors (Lipinski definition) is 1. The molecule has 0 saturated carbocycles. The highest BCUT2D eigenvalue weighted by Crippen LogP contribution is 2.49. The molecule has 0 aliphatic heterocycles. The zero-order chi connectivity index (χ0) is 24.0. The van der Waals surface area contributed by atoms with E-state index in [0.29, 0.717) is 12.0 Å². The molecule has 2 aliphatic rings. The lowest BCUT2D eigenvalue weighted by atomic mass is 9.77. The van der Waals surface area contributed by atoms with Crippen molar-refractivity contribution in [3.63, 3.8) is 0 Å². The molecule has 2 aromatic carbocycles. The molecule has 7 heteroatoms. The molecule has 1 unspecified atom stereocenters. The van der Waals surface area contributed by atoms with Crippen LogP contribution in [0.3, 0.4) is 0 Å². The van der Waals surface area contributed by atoms with E-state index >= 15 is 0 Å². The number of aromatic nitrogens is 2. The summed E-state index contributed by atoms with van der Waals surface area (Å²) in [6.07, 6.45) is 5.18. The van der Waals surface area contributed by atoms with Gasteiger partial charge in [-0.25, -0.2) is 17.9 Å². The molecule has 0 bridgehead atoms. The van der Waals surface area contributed by atoms with Crippen molar-refractivity contribution in [3.05, 3.63) is 94.1 Å². The Hall–Kier alpha value is -3.35. The van der Waals surface area contributed by atoms with Crippen molar-refractivity contribution in [2.24, 2.45) is 5.92 Å². The van der Waals surface area contributed by atoms with Gasteiger partial charge in [-0.05, 0) is 67.1 Å². The van der Waals surface area contributed by atoms with Gasteiger partial charge in [0.05, 0.1) is 23.6 Å². The third-order valence-electron chi connectivity index (χ3n) is 7.17. The van der Waals surface area contributed by atoms with Crippen LogP contribution in [0.5, 0.6) is 0 Å². The van der Waals surface area contributed by atoms with E-state index in [-0.39, 0.29) is 23.6 Å². The van der Waals surface area contributed by atoms with E-state index in [2.05, 4.69) is 17.3 Å². The number of fused-ring (bicyclic) bond motifs is 1. The largest absolute Gasteiger partial charge is 0.350 e. The number of hydrogen-bond acceptors (Lipinski definition) is 2. The Balaban J connectivity index is 1.43. The second-order valence-corrected chi connectivity index (χ2v) is 9.29. The van der Waals surface area contributed by atoms with Crippen LogP contribution < -0.4 is 5.32 Å². The monoisotopic (exact) mass is 465 g/mol. The van der Waals surface area contributed by atoms with Crippen molar-refractivity contribution < 1.29 is 18.0 Å². The molecule has 3 atom stereocenters. The Labute approximate surface area is 196 Å². The molecule has 0 fully saturated rings. The summed E-state index contributed by atoms with van der Waals surface area (Å²) >= 11 is 0. The maximum Gasteiger partial charge on any atom is 0.217 e. The fourth-order valence-electron chi connectivity index (χ4n) is 5.67. The Kier molecular flexibility index (Phi) is 5.80. The Morgan fingerprint density at radius 3 is 2.62 bits per heavy atom. The summed E-state index contributed by atoms with van der Waals surface area (Å²) in [5.74, 6) is -1.93. The van der Waals surface area contributed by atoms with Gasteiger partial charge in [0.2, 0.25) is 5.91 Å². The molecule has 1 aromatic heterocycles. The van der Waals surface area contributed by atoms with Crippen LogP contribution in [-0.2, 0) is 11.2 Å². The second kappa shape index (κ2) is 8.78. The molecule has 0 radical (unpaired) electrons. The minimum absolute atomic E-state index is 0.156. The summed E-state index contributed by atoms with van der Waals surface area (Å²) in [4.78, 5) is 11.9. The molecule has 5 rings (SSSR count). The standard InChI is InChI=1S/C27H26F3N3O/c1-15-22-14-31-33(21-8-6-20(28)7-9-21)26(22)13-19-4-3-18(27(15)19)12-25(32-16(2)34)17-5-10-23(29)24(30)11-17/h5-11,14-15,18,25H,3-4,12-13H2,1-2H3,(H,32,34)/t15-,18+,25?/m0/s1. The Morgan fingerprint density at radius 1 is 1.15 bits per heavy atom. The second-order valence-electron chi connectivity index (χ2n) is 9.29. The molecule has 0 saturated heterocycles. The molecular weight excluding hydrogens is 439 g/mol. The van der Waals surface area contributed by atoms with Crippen molar-refractivity contribution in [2.75, 3.05) is 0 Å². The average molecular weight is 466 g/mol. The van der Waals surface area contributed by atoms with E-state index in [1.54, 1.807) is 18.2 Å². The summed E-state index contributed by atoms with van der Waals surface area (Å²) in [5, 5.41) is 7.53. The number of halogens is 3. The summed E-state index contributed by atoms with van der Waals surface area (Å²) in [6, 6.07) is 9.76. The molecule has 3 aromatic rings. The van der Waals surface area contributed by atoms with Gasteiger partial charge in [-0.2, -0.15) is 5.10 Å². The Bertz CT molecular complexity index is 1280. The lowest BCUT2D eigenvalue weighted by molar-refractivity contribution is -0.119. The highest BCUT2D eigenvalue weighted by Gasteiger charge is 2.37. The fourth-order valence-corrected chi connectivity index (χ4v) is 5.67. The van der Waals surface area contributed by atoms with Crippen LogP contribution >= 0.6 is 0 Å². The van der Waals surface area contributed by atoms with Gasteiger partial charge in [0.15, 0.2) is 11.6 Å². The van der Waals surface area contributed by atoms with Gasteiger partial charge in [0.1, 0.15) is 5.82 Å². The van der Waals surface area contributed by atoms with Crippen LogP contribution in [0.1, 0.15) is 61.9 Å². The summed E-state index contributed by atoms with van der Waals surface area (Å²) in [6.45, 7) is 3.61. The van der Waals surface area contributed by atoms with Crippen LogP contribution in [0.15, 0.2) is 59.8 Å². The number of rotatable bonds is 5. The van der Waals surface area contributed by atoms with Gasteiger partial charge in [-0.15, -0.1) is 0 Å². The molecular formula is C27H26F3N3O. The number of nitrogens with one attached hydrogen (secondary N) is 1. The average Bonchev–Trinajstić information content (AvgIpc) is 3.40. The van der Waals surface area contributed by atoms with Crippen LogP contribution in [0.25, 0.3) is 5.69 Å². The van der Waals surface area contributed by atoms with Crippen molar-refractivity contribution >= 4 is 5.91 Å². The quantitative estimate of drug-likeness (QED) is 0.475. The van der Waals surface area contributed by atoms with Gasteiger partial charge >= 0.3 is 0 Å². The first-order valence-electron chi connectivity index (χ1n) is 11.6. The van der Waals surface area contributed by atoms with E-state index in [4.69, 9.17) is 0 Å². The summed E-state index contributed by atoms with van der Waals surface area (Å²) in [5.41, 5.74) is 6.41. The molecule has 34 heavy (non-hydrogen) atoms. The van der Waals surface area contributed by atoms with E-state index in [1.807, 2.05) is 10.9 Å². The number of carbonyl (C=O) groups is 1. The van der Waals surface area contributed by atoms with E-state index in [1.165, 1.54) is 36.3 Å². The minimum Gasteiger partial charge on any atom is -0.350 e. The van der Waals surface area contributed by atoms with Crippen LogP contribution in [-0.4, -0.2) is 15.7 Å². The van der Waals surface area contributed by atoms with Gasteiger partial charge in [-0.1, -0.05) is 24.1 Å². The first-order valence-corrected chi connectivity index (χ1v) is 11.6. The zero-order valence-electron chi connectivity index (χ0n) is 19.1. The first kappa shape index (κ1) is 22.4. The highest BCUT2D eigenvalue weighted by atomic mass is 19.2. The third-order valence-corrected chi connectivity index (χ3v) is 7.17. The van der Waals surface area contributed by atoms with E-state index in [0.717, 1.165) is 42.3 Å². The predicted molar refractivity (Wildman–Crippen MR) is 123 cm³/mol. The molecule has 176 valence electrons. The lowest BCUT2D eigenvalue weighted by Crippen LogP contribution is -2.28. The van der Waals surface area contributed by atoms with Crippen molar-refractivity contribution in [2.45, 2.75) is 51.5 Å². The molecule has 1 heterocycles. The molecule has 1 N–H and O–H groups in total. The van der Waals surface area contributed by atoms with Crippen LogP contribution in [0, 0.1) is 23.4 Å². The number of amides is 1. The number of carbonyl (C=O) groups excluding carboxylic acids is 1. The normalized spacial score (nSPS) is 20.1. The van der Waals surface area contributed by atoms with Crippen molar-refractivity contribution in [3.8, 4) is 5.69 Å². The number of benzene rings is 2. The fraction of sp³-hybridized carbons (Fsp3) is 0.333. The van der Waals surface area contributed by atoms with E-state index < -0.39 is 17.7 Å². The zero-order valence-corrected chi connectivity index (χ0v) is 19.1. The SMILES string of the molecule is CC(=O)NC(C[C@H]1CCC2=C1[C@@H](C)c1cnn(-c3ccc(F)cc3)c1C2)c1ccc(F)c(F)c1. The summed E-state index contributed by atoms with van der Waals surface area (Å²) in [7, 11) is 0. The number of allylic oxidation sites excluding steroid dienone is 2. The van der Waals surface area contributed by atoms with Crippen LogP contribution in [0.4, 0.5) is 13.2 Å².